The molecule has 6 nitrogen and oxygen atoms in total. The van der Waals surface area contributed by atoms with Crippen LogP contribution in [0.5, 0.6) is 0 Å². The molecule has 0 amide bonds. The van der Waals surface area contributed by atoms with Crippen LogP contribution in [0.4, 0.5) is 4.39 Å². The van der Waals surface area contributed by atoms with Gasteiger partial charge in [0.1, 0.15) is 5.82 Å². The van der Waals surface area contributed by atoms with Crippen molar-refractivity contribution in [2.75, 3.05) is 26.2 Å². The zero-order valence-corrected chi connectivity index (χ0v) is 15.1. The van der Waals surface area contributed by atoms with E-state index in [0.717, 1.165) is 31.9 Å². The summed E-state index contributed by atoms with van der Waals surface area (Å²) in [7, 11) is 0. The molecule has 2 aromatic rings. The molecule has 1 spiro atoms. The molecule has 0 atom stereocenters. The van der Waals surface area contributed by atoms with Crippen LogP contribution in [0, 0.1) is 5.82 Å². The lowest BCUT2D eigenvalue weighted by molar-refractivity contribution is 0.189. The van der Waals surface area contributed by atoms with Gasteiger partial charge in [-0.25, -0.2) is 4.39 Å². The lowest BCUT2D eigenvalue weighted by Gasteiger charge is -2.41. The molecule has 1 aliphatic carbocycles. The van der Waals surface area contributed by atoms with Crippen LogP contribution in [0.3, 0.4) is 0 Å². The number of hydrogen-bond acceptors (Lipinski definition) is 6. The van der Waals surface area contributed by atoms with Gasteiger partial charge in [0.15, 0.2) is 0 Å². The molecular formula is C20H23FN6. The van der Waals surface area contributed by atoms with E-state index in [9.17, 15) is 4.39 Å². The standard InChI is InChI=1S/C20H23FN6/c21-15-10-17-16(24-5-6-25-17)9-14(15)11-26-18-12-22-4-1-19(18)27-8-7-23-13-20(27)2-3-20/h1,5-6,9-10,12,22-23,26H,2-4,7-8,11,13H2. The summed E-state index contributed by atoms with van der Waals surface area (Å²) in [4.78, 5) is 11.0. The lowest BCUT2D eigenvalue weighted by atomic mass is 10.1. The first-order chi connectivity index (χ1) is 13.3. The largest absolute Gasteiger partial charge is 0.386 e. The molecular weight excluding hydrogens is 343 g/mol. The molecule has 1 saturated carbocycles. The number of nitrogens with zero attached hydrogens (tertiary/aromatic N) is 3. The predicted molar refractivity (Wildman–Crippen MR) is 102 cm³/mol. The number of benzene rings is 1. The van der Waals surface area contributed by atoms with Crippen LogP contribution in [0.2, 0.25) is 0 Å². The smallest absolute Gasteiger partial charge is 0.130 e. The van der Waals surface area contributed by atoms with Gasteiger partial charge in [-0.1, -0.05) is 0 Å². The zero-order valence-electron chi connectivity index (χ0n) is 15.1. The monoisotopic (exact) mass is 366 g/mol. The molecule has 3 N–H and O–H groups in total. The molecule has 7 heteroatoms. The molecule has 1 aromatic carbocycles. The lowest BCUT2D eigenvalue weighted by Crippen LogP contribution is -2.53. The summed E-state index contributed by atoms with van der Waals surface area (Å²) in [6.45, 7) is 4.27. The highest BCUT2D eigenvalue weighted by Crippen LogP contribution is 2.45. The van der Waals surface area contributed by atoms with E-state index in [1.165, 1.54) is 24.6 Å². The molecule has 0 radical (unpaired) electrons. The highest BCUT2D eigenvalue weighted by molar-refractivity contribution is 5.74. The van der Waals surface area contributed by atoms with Crippen LogP contribution in [-0.2, 0) is 6.54 Å². The first kappa shape index (κ1) is 16.5. The highest BCUT2D eigenvalue weighted by atomic mass is 19.1. The van der Waals surface area contributed by atoms with Gasteiger partial charge in [0.2, 0.25) is 0 Å². The average Bonchev–Trinajstić information content (AvgIpc) is 3.47. The van der Waals surface area contributed by atoms with E-state index in [-0.39, 0.29) is 11.4 Å². The number of aromatic nitrogens is 2. The minimum Gasteiger partial charge on any atom is -0.386 e. The van der Waals surface area contributed by atoms with Crippen molar-refractivity contribution in [3.63, 3.8) is 0 Å². The van der Waals surface area contributed by atoms with Gasteiger partial charge in [0.25, 0.3) is 0 Å². The second-order valence-electron chi connectivity index (χ2n) is 7.45. The summed E-state index contributed by atoms with van der Waals surface area (Å²) in [5.41, 5.74) is 4.40. The third-order valence-electron chi connectivity index (χ3n) is 5.70. The molecule has 2 fully saturated rings. The fourth-order valence-corrected chi connectivity index (χ4v) is 4.06. The number of hydrogen-bond donors (Lipinski definition) is 3. The van der Waals surface area contributed by atoms with Gasteiger partial charge in [-0.05, 0) is 25.0 Å². The fraction of sp³-hybridized carbons (Fsp3) is 0.400. The molecule has 0 bridgehead atoms. The number of rotatable bonds is 4. The predicted octanol–water partition coefficient (Wildman–Crippen LogP) is 1.62. The van der Waals surface area contributed by atoms with E-state index in [1.807, 2.05) is 6.20 Å². The van der Waals surface area contributed by atoms with E-state index < -0.39 is 0 Å². The van der Waals surface area contributed by atoms with Crippen LogP contribution in [0.1, 0.15) is 18.4 Å². The van der Waals surface area contributed by atoms with Gasteiger partial charge in [-0.2, -0.15) is 0 Å². The molecule has 5 rings (SSSR count). The van der Waals surface area contributed by atoms with Crippen molar-refractivity contribution in [3.8, 4) is 0 Å². The second-order valence-corrected chi connectivity index (χ2v) is 7.45. The molecule has 3 aliphatic rings. The van der Waals surface area contributed by atoms with Crippen LogP contribution in [-0.4, -0.2) is 46.6 Å². The first-order valence-electron chi connectivity index (χ1n) is 9.51. The summed E-state index contributed by atoms with van der Waals surface area (Å²) >= 11 is 0. The van der Waals surface area contributed by atoms with Gasteiger partial charge in [0, 0.05) is 62.9 Å². The number of halogens is 1. The van der Waals surface area contributed by atoms with Gasteiger partial charge in [-0.3, -0.25) is 9.97 Å². The Hall–Kier alpha value is -2.67. The Morgan fingerprint density at radius 2 is 2.00 bits per heavy atom. The minimum absolute atomic E-state index is 0.258. The van der Waals surface area contributed by atoms with Crippen molar-refractivity contribution in [3.05, 3.63) is 59.6 Å². The minimum atomic E-state index is -0.258. The van der Waals surface area contributed by atoms with Gasteiger partial charge in [0.05, 0.1) is 28.0 Å². The summed E-state index contributed by atoms with van der Waals surface area (Å²) in [5, 5.41) is 10.2. The number of piperazine rings is 1. The van der Waals surface area contributed by atoms with E-state index >= 15 is 0 Å². The van der Waals surface area contributed by atoms with Crippen molar-refractivity contribution in [2.24, 2.45) is 0 Å². The molecule has 27 heavy (non-hydrogen) atoms. The maximum Gasteiger partial charge on any atom is 0.130 e. The maximum absolute atomic E-state index is 14.5. The number of dihydropyridines is 1. The Bertz CT molecular complexity index is 933. The topological polar surface area (TPSA) is 65.1 Å². The fourth-order valence-electron chi connectivity index (χ4n) is 4.06. The third kappa shape index (κ3) is 3.02. The normalized spacial score (nSPS) is 20.9. The van der Waals surface area contributed by atoms with Gasteiger partial charge >= 0.3 is 0 Å². The molecule has 140 valence electrons. The highest BCUT2D eigenvalue weighted by Gasteiger charge is 2.50. The van der Waals surface area contributed by atoms with Crippen molar-refractivity contribution >= 4 is 11.0 Å². The van der Waals surface area contributed by atoms with Gasteiger partial charge in [-0.15, -0.1) is 0 Å². The summed E-state index contributed by atoms with van der Waals surface area (Å²) in [5.74, 6) is -0.258. The molecule has 1 saturated heterocycles. The summed E-state index contributed by atoms with van der Waals surface area (Å²) in [6, 6.07) is 3.23. The van der Waals surface area contributed by atoms with Crippen LogP contribution < -0.4 is 16.0 Å². The Kier molecular flexibility index (Phi) is 3.97. The first-order valence-corrected chi connectivity index (χ1v) is 9.51. The van der Waals surface area contributed by atoms with E-state index in [4.69, 9.17) is 0 Å². The Morgan fingerprint density at radius 3 is 2.81 bits per heavy atom. The van der Waals surface area contributed by atoms with Gasteiger partial charge < -0.3 is 20.9 Å². The zero-order chi connectivity index (χ0) is 18.3. The average molecular weight is 366 g/mol. The van der Waals surface area contributed by atoms with E-state index in [1.54, 1.807) is 18.5 Å². The number of nitrogens with one attached hydrogen (secondary N) is 3. The number of fused-ring (bicyclic) bond motifs is 1. The maximum atomic E-state index is 14.5. The molecule has 3 heterocycles. The Balaban J connectivity index is 1.36. The van der Waals surface area contributed by atoms with Crippen LogP contribution in [0.15, 0.2) is 48.2 Å². The second kappa shape index (κ2) is 6.49. The van der Waals surface area contributed by atoms with Crippen molar-refractivity contribution in [1.82, 2.24) is 30.8 Å². The van der Waals surface area contributed by atoms with E-state index in [0.29, 0.717) is 23.1 Å². The summed E-state index contributed by atoms with van der Waals surface area (Å²) < 4.78 is 14.5. The third-order valence-corrected chi connectivity index (χ3v) is 5.70. The Labute approximate surface area is 157 Å². The summed E-state index contributed by atoms with van der Waals surface area (Å²) in [6.07, 6.45) is 9.91. The molecule has 0 unspecified atom stereocenters. The van der Waals surface area contributed by atoms with Crippen LogP contribution in [0.25, 0.3) is 11.0 Å². The SMILES string of the molecule is Fc1cc2nccnc2cc1CNC1=CNCC=C1N1CCNCC12CC2. The van der Waals surface area contributed by atoms with Crippen LogP contribution >= 0.6 is 0 Å². The van der Waals surface area contributed by atoms with Crippen molar-refractivity contribution in [2.45, 2.75) is 24.9 Å². The molecule has 2 aliphatic heterocycles. The molecule has 1 aromatic heterocycles. The van der Waals surface area contributed by atoms with E-state index in [2.05, 4.69) is 36.9 Å². The van der Waals surface area contributed by atoms with Crippen molar-refractivity contribution in [1.29, 1.82) is 0 Å². The Morgan fingerprint density at radius 1 is 1.19 bits per heavy atom. The quantitative estimate of drug-likeness (QED) is 0.764. The van der Waals surface area contributed by atoms with Crippen molar-refractivity contribution < 1.29 is 4.39 Å².